The van der Waals surface area contributed by atoms with Crippen molar-refractivity contribution in [3.05, 3.63) is 35.4 Å². The maximum atomic E-state index is 13.8. The van der Waals surface area contributed by atoms with E-state index in [1.54, 1.807) is 91.5 Å². The topological polar surface area (TPSA) is 126 Å². The summed E-state index contributed by atoms with van der Waals surface area (Å²) < 4.78 is 16.7. The van der Waals surface area contributed by atoms with E-state index in [4.69, 9.17) is 14.2 Å². The number of nitrogens with zero attached hydrogens (tertiary/aromatic N) is 4. The van der Waals surface area contributed by atoms with Crippen molar-refractivity contribution in [3.8, 4) is 0 Å². The van der Waals surface area contributed by atoms with Gasteiger partial charge in [-0.2, -0.15) is 0 Å². The molecule has 2 rings (SSSR count). The van der Waals surface area contributed by atoms with Crippen LogP contribution in [0.5, 0.6) is 0 Å². The highest BCUT2D eigenvalue weighted by Gasteiger charge is 2.28. The fourth-order valence-electron chi connectivity index (χ4n) is 4.60. The maximum absolute atomic E-state index is 13.8. The maximum Gasteiger partial charge on any atom is 0.320 e. The first-order chi connectivity index (χ1) is 20.7. The number of esters is 3. The van der Waals surface area contributed by atoms with E-state index < -0.39 is 28.7 Å². The third-order valence-corrected chi connectivity index (χ3v) is 6.42. The Kier molecular flexibility index (Phi) is 13.7. The smallest absolute Gasteiger partial charge is 0.320 e. The van der Waals surface area contributed by atoms with E-state index in [-0.39, 0.29) is 44.7 Å². The summed E-state index contributed by atoms with van der Waals surface area (Å²) in [5.41, 5.74) is -1.16. The van der Waals surface area contributed by atoms with Crippen molar-refractivity contribution in [1.29, 1.82) is 0 Å². The van der Waals surface area contributed by atoms with Crippen LogP contribution >= 0.6 is 0 Å². The van der Waals surface area contributed by atoms with Gasteiger partial charge in [0.1, 0.15) is 23.1 Å². The molecular weight excluding hydrogens is 580 g/mol. The highest BCUT2D eigenvalue weighted by molar-refractivity contribution is 5.95. The van der Waals surface area contributed by atoms with Gasteiger partial charge in [0.25, 0.3) is 5.91 Å². The molecule has 1 aromatic carbocycles. The first kappa shape index (κ1) is 37.8. The van der Waals surface area contributed by atoms with Gasteiger partial charge in [0.15, 0.2) is 0 Å². The van der Waals surface area contributed by atoms with Crippen molar-refractivity contribution in [3.63, 3.8) is 0 Å². The molecule has 0 unspecified atom stereocenters. The minimum absolute atomic E-state index is 0.00473. The first-order valence-electron chi connectivity index (χ1n) is 15.4. The van der Waals surface area contributed by atoms with Crippen LogP contribution in [-0.2, 0) is 28.6 Å². The Balaban J connectivity index is 2.41. The van der Waals surface area contributed by atoms with Crippen LogP contribution in [0, 0.1) is 0 Å². The summed E-state index contributed by atoms with van der Waals surface area (Å²) in [6.45, 7) is 18.4. The van der Waals surface area contributed by atoms with E-state index in [2.05, 4.69) is 0 Å². The number of ether oxygens (including phenoxy) is 3. The van der Waals surface area contributed by atoms with Crippen LogP contribution in [0.1, 0.15) is 83.0 Å². The number of aldehydes is 1. The molecule has 1 aromatic rings. The van der Waals surface area contributed by atoms with E-state index in [0.29, 0.717) is 50.1 Å². The third-order valence-electron chi connectivity index (χ3n) is 6.42. The predicted octanol–water partition coefficient (Wildman–Crippen LogP) is 2.84. The zero-order chi connectivity index (χ0) is 34.0. The van der Waals surface area contributed by atoms with Gasteiger partial charge in [0.05, 0.1) is 26.3 Å². The molecule has 1 heterocycles. The van der Waals surface area contributed by atoms with Crippen LogP contribution in [0.2, 0.25) is 0 Å². The number of hydrogen-bond donors (Lipinski definition) is 0. The van der Waals surface area contributed by atoms with Gasteiger partial charge in [-0.25, -0.2) is 0 Å². The number of rotatable bonds is 8. The van der Waals surface area contributed by atoms with Gasteiger partial charge in [0.2, 0.25) is 0 Å². The summed E-state index contributed by atoms with van der Waals surface area (Å²) >= 11 is 0. The van der Waals surface area contributed by atoms with E-state index in [0.717, 1.165) is 0 Å². The van der Waals surface area contributed by atoms with Gasteiger partial charge in [0, 0.05) is 50.4 Å². The minimum atomic E-state index is -0.688. The van der Waals surface area contributed by atoms with Crippen LogP contribution in [0.3, 0.4) is 0 Å². The van der Waals surface area contributed by atoms with Gasteiger partial charge in [-0.3, -0.25) is 38.7 Å². The van der Waals surface area contributed by atoms with Crippen LogP contribution in [-0.4, -0.2) is 132 Å². The van der Waals surface area contributed by atoms with Crippen LogP contribution < -0.4 is 0 Å². The summed E-state index contributed by atoms with van der Waals surface area (Å²) in [5, 5.41) is 0. The molecule has 12 nitrogen and oxygen atoms in total. The number of hydrogen-bond acceptors (Lipinski definition) is 11. The molecule has 1 fully saturated rings. The molecule has 0 aliphatic carbocycles. The molecule has 1 amide bonds. The molecule has 252 valence electrons. The molecule has 0 radical (unpaired) electrons. The molecule has 45 heavy (non-hydrogen) atoms. The quantitative estimate of drug-likeness (QED) is 0.239. The van der Waals surface area contributed by atoms with E-state index in [1.165, 1.54) is 0 Å². The molecule has 0 atom stereocenters. The second-order valence-electron chi connectivity index (χ2n) is 14.3. The van der Waals surface area contributed by atoms with Crippen molar-refractivity contribution >= 4 is 30.1 Å². The Morgan fingerprint density at radius 1 is 0.600 bits per heavy atom. The molecule has 1 aliphatic heterocycles. The van der Waals surface area contributed by atoms with Crippen molar-refractivity contribution in [1.82, 2.24) is 19.6 Å². The summed E-state index contributed by atoms with van der Waals surface area (Å²) in [6.07, 6.45) is 0.710. The molecule has 1 saturated heterocycles. The lowest BCUT2D eigenvalue weighted by atomic mass is 10.1. The number of amides is 1. The molecule has 0 N–H and O–H groups in total. The van der Waals surface area contributed by atoms with Crippen molar-refractivity contribution < 1.29 is 38.2 Å². The zero-order valence-electron chi connectivity index (χ0n) is 28.5. The molecular formula is C33H52N4O8. The lowest BCUT2D eigenvalue weighted by molar-refractivity contribution is -0.158. The highest BCUT2D eigenvalue weighted by Crippen LogP contribution is 2.14. The average molecular weight is 633 g/mol. The minimum Gasteiger partial charge on any atom is -0.459 e. The van der Waals surface area contributed by atoms with Gasteiger partial charge < -0.3 is 19.1 Å². The second-order valence-corrected chi connectivity index (χ2v) is 14.3. The lowest BCUT2D eigenvalue weighted by Crippen LogP contribution is -2.48. The van der Waals surface area contributed by atoms with Crippen LogP contribution in [0.4, 0.5) is 0 Å². The Bertz CT molecular complexity index is 1170. The predicted molar refractivity (Wildman–Crippen MR) is 170 cm³/mol. The summed E-state index contributed by atoms with van der Waals surface area (Å²) in [4.78, 5) is 70.8. The normalized spacial score (nSPS) is 16.8. The first-order valence-corrected chi connectivity index (χ1v) is 15.4. The number of benzene rings is 1. The molecule has 1 aliphatic rings. The van der Waals surface area contributed by atoms with Gasteiger partial charge in [-0.05, 0) is 74.4 Å². The number of carbonyl (C=O) groups excluding carboxylic acids is 5. The van der Waals surface area contributed by atoms with Crippen LogP contribution in [0.25, 0.3) is 0 Å². The van der Waals surface area contributed by atoms with Gasteiger partial charge in [-0.1, -0.05) is 12.1 Å². The lowest BCUT2D eigenvalue weighted by Gasteiger charge is -2.32. The Hall–Kier alpha value is -3.35. The van der Waals surface area contributed by atoms with Crippen molar-refractivity contribution in [2.45, 2.75) is 79.1 Å². The zero-order valence-corrected chi connectivity index (χ0v) is 28.5. The fraction of sp³-hybridized carbons (Fsp3) is 0.667. The second kappa shape index (κ2) is 16.3. The largest absolute Gasteiger partial charge is 0.459 e. The van der Waals surface area contributed by atoms with E-state index in [1.807, 2.05) is 14.7 Å². The standard InChI is InChI=1S/C33H52N4O8/c1-31(2,3)43-27(39)20-34-14-15-35(21-28(40)44-32(4,5)6)18-19-37(30(42)26-12-10-25(23-38)11-13-26)24-36(17-16-34)22-29(41)45-33(7,8)9/h10-13,23H,14-22,24H2,1-9H3. The molecule has 12 heteroatoms. The molecule has 0 spiro atoms. The third kappa shape index (κ3) is 15.5. The Labute approximate surface area is 267 Å². The number of carbonyl (C=O) groups is 5. The molecule has 0 saturated carbocycles. The van der Waals surface area contributed by atoms with Crippen molar-refractivity contribution in [2.24, 2.45) is 0 Å². The van der Waals surface area contributed by atoms with E-state index >= 15 is 0 Å². The Morgan fingerprint density at radius 3 is 1.33 bits per heavy atom. The summed E-state index contributed by atoms with van der Waals surface area (Å²) in [7, 11) is 0. The van der Waals surface area contributed by atoms with Gasteiger partial charge in [-0.15, -0.1) is 0 Å². The SMILES string of the molecule is CC(C)(C)OC(=O)CN1CCN(CC(=O)OC(C)(C)C)CCN(C(=O)c2ccc(C=O)cc2)CN(CC(=O)OC(C)(C)C)CC1. The molecule has 0 aromatic heterocycles. The average Bonchev–Trinajstić information content (AvgIpc) is 2.91. The van der Waals surface area contributed by atoms with Crippen LogP contribution in [0.15, 0.2) is 24.3 Å². The molecule has 0 bridgehead atoms. The summed E-state index contributed by atoms with van der Waals surface area (Å²) in [6, 6.07) is 6.34. The van der Waals surface area contributed by atoms with Crippen molar-refractivity contribution in [2.75, 3.05) is 65.6 Å². The van der Waals surface area contributed by atoms with Gasteiger partial charge >= 0.3 is 17.9 Å². The Morgan fingerprint density at radius 2 is 0.956 bits per heavy atom. The fourth-order valence-corrected chi connectivity index (χ4v) is 4.60. The monoisotopic (exact) mass is 632 g/mol. The summed E-state index contributed by atoms with van der Waals surface area (Å²) in [5.74, 6) is -1.51. The van der Waals surface area contributed by atoms with E-state index in [9.17, 15) is 24.0 Å². The highest BCUT2D eigenvalue weighted by atomic mass is 16.6.